The summed E-state index contributed by atoms with van der Waals surface area (Å²) in [5.74, 6) is 0.154. The molecule has 1 aliphatic rings. The van der Waals surface area contributed by atoms with Gasteiger partial charge in [0.1, 0.15) is 17.3 Å². The van der Waals surface area contributed by atoms with E-state index >= 15 is 0 Å². The number of phenolic OH excluding ortho intramolecular Hbond substituents is 1. The summed E-state index contributed by atoms with van der Waals surface area (Å²) >= 11 is 0. The Morgan fingerprint density at radius 1 is 1.53 bits per heavy atom. The third kappa shape index (κ3) is 1.90. The van der Waals surface area contributed by atoms with Crippen molar-refractivity contribution < 1.29 is 14.2 Å². The number of benzene rings is 1. The highest BCUT2D eigenvalue weighted by Crippen LogP contribution is 2.38. The van der Waals surface area contributed by atoms with Crippen LogP contribution in [-0.2, 0) is 0 Å². The highest BCUT2D eigenvalue weighted by Gasteiger charge is 2.24. The van der Waals surface area contributed by atoms with Gasteiger partial charge in [0, 0.05) is 30.2 Å². The fourth-order valence-corrected chi connectivity index (χ4v) is 2.06. The van der Waals surface area contributed by atoms with E-state index in [9.17, 15) is 9.50 Å². The first-order valence-electron chi connectivity index (χ1n) is 4.99. The Labute approximate surface area is 87.9 Å². The lowest BCUT2D eigenvalue weighted by Gasteiger charge is -2.15. The molecule has 82 valence electrons. The van der Waals surface area contributed by atoms with Crippen LogP contribution in [0.1, 0.15) is 17.9 Å². The molecule has 3 nitrogen and oxygen atoms in total. The number of methoxy groups -OCH3 is 1. The third-order valence-corrected chi connectivity index (χ3v) is 2.77. The molecular formula is C11H14FNO2. The zero-order valence-electron chi connectivity index (χ0n) is 8.59. The summed E-state index contributed by atoms with van der Waals surface area (Å²) in [5, 5.41) is 12.9. The molecule has 1 fully saturated rings. The molecule has 1 aromatic carbocycles. The lowest BCUT2D eigenvalue weighted by atomic mass is 9.96. The molecule has 2 rings (SSSR count). The van der Waals surface area contributed by atoms with Crippen molar-refractivity contribution in [2.24, 2.45) is 0 Å². The molecule has 0 saturated carbocycles. The number of hydrogen-bond donors (Lipinski definition) is 2. The van der Waals surface area contributed by atoms with E-state index in [4.69, 9.17) is 4.74 Å². The largest absolute Gasteiger partial charge is 0.507 e. The predicted molar refractivity (Wildman–Crippen MR) is 54.8 cm³/mol. The van der Waals surface area contributed by atoms with E-state index in [-0.39, 0.29) is 11.7 Å². The minimum Gasteiger partial charge on any atom is -0.507 e. The van der Waals surface area contributed by atoms with Gasteiger partial charge in [0.15, 0.2) is 0 Å². The van der Waals surface area contributed by atoms with Gasteiger partial charge >= 0.3 is 0 Å². The van der Waals surface area contributed by atoms with Crippen molar-refractivity contribution in [3.8, 4) is 11.5 Å². The third-order valence-electron chi connectivity index (χ3n) is 2.77. The van der Waals surface area contributed by atoms with Crippen molar-refractivity contribution in [1.29, 1.82) is 0 Å². The summed E-state index contributed by atoms with van der Waals surface area (Å²) < 4.78 is 18.1. The number of hydrogen-bond acceptors (Lipinski definition) is 3. The second-order valence-electron chi connectivity index (χ2n) is 3.73. The van der Waals surface area contributed by atoms with E-state index in [2.05, 4.69) is 5.32 Å². The van der Waals surface area contributed by atoms with E-state index < -0.39 is 5.82 Å². The molecule has 15 heavy (non-hydrogen) atoms. The van der Waals surface area contributed by atoms with Crippen molar-refractivity contribution in [3.05, 3.63) is 23.5 Å². The van der Waals surface area contributed by atoms with Gasteiger partial charge in [0.05, 0.1) is 7.11 Å². The molecule has 0 spiro atoms. The molecule has 4 heteroatoms. The molecule has 0 aliphatic carbocycles. The van der Waals surface area contributed by atoms with Crippen molar-refractivity contribution in [2.45, 2.75) is 12.3 Å². The number of halogens is 1. The Kier molecular flexibility index (Phi) is 2.77. The van der Waals surface area contributed by atoms with Crippen LogP contribution in [0.4, 0.5) is 4.39 Å². The van der Waals surface area contributed by atoms with Gasteiger partial charge in [-0.25, -0.2) is 4.39 Å². The average molecular weight is 211 g/mol. The standard InChI is InChI=1S/C11H14FNO2/c1-15-10-5-8(12)4-9(14)11(10)7-2-3-13-6-7/h4-5,7,13-14H,2-3,6H2,1H3. The highest BCUT2D eigenvalue weighted by molar-refractivity contribution is 5.47. The average Bonchev–Trinajstić information content (AvgIpc) is 2.69. The molecular weight excluding hydrogens is 197 g/mol. The van der Waals surface area contributed by atoms with Gasteiger partial charge in [0.2, 0.25) is 0 Å². The van der Waals surface area contributed by atoms with E-state index in [1.807, 2.05) is 0 Å². The van der Waals surface area contributed by atoms with Crippen molar-refractivity contribution >= 4 is 0 Å². The molecule has 1 unspecified atom stereocenters. The maximum atomic E-state index is 13.0. The smallest absolute Gasteiger partial charge is 0.130 e. The monoisotopic (exact) mass is 211 g/mol. The van der Waals surface area contributed by atoms with Gasteiger partial charge in [-0.3, -0.25) is 0 Å². The molecule has 0 bridgehead atoms. The van der Waals surface area contributed by atoms with Crippen LogP contribution >= 0.6 is 0 Å². The second-order valence-corrected chi connectivity index (χ2v) is 3.73. The van der Waals surface area contributed by atoms with E-state index in [1.54, 1.807) is 0 Å². The normalized spacial score (nSPS) is 20.5. The lowest BCUT2D eigenvalue weighted by Crippen LogP contribution is -2.09. The first-order chi connectivity index (χ1) is 7.22. The van der Waals surface area contributed by atoms with Crippen LogP contribution in [-0.4, -0.2) is 25.3 Å². The van der Waals surface area contributed by atoms with E-state index in [0.29, 0.717) is 11.3 Å². The van der Waals surface area contributed by atoms with Gasteiger partial charge in [-0.15, -0.1) is 0 Å². The Bertz CT molecular complexity index is 362. The summed E-state index contributed by atoms with van der Waals surface area (Å²) in [6, 6.07) is 2.45. The Hall–Kier alpha value is -1.29. The molecule has 0 amide bonds. The second kappa shape index (κ2) is 4.06. The van der Waals surface area contributed by atoms with Gasteiger partial charge in [-0.1, -0.05) is 0 Å². The number of nitrogens with one attached hydrogen (secondary N) is 1. The first kappa shape index (κ1) is 10.2. The zero-order valence-corrected chi connectivity index (χ0v) is 8.59. The quantitative estimate of drug-likeness (QED) is 0.781. The van der Waals surface area contributed by atoms with Gasteiger partial charge < -0.3 is 15.2 Å². The fraction of sp³-hybridized carbons (Fsp3) is 0.455. The van der Waals surface area contributed by atoms with Gasteiger partial charge in [0.25, 0.3) is 0 Å². The minimum absolute atomic E-state index is 0.0134. The van der Waals surface area contributed by atoms with Crippen LogP contribution in [0.2, 0.25) is 0 Å². The number of ether oxygens (including phenoxy) is 1. The molecule has 2 N–H and O–H groups in total. The molecule has 0 radical (unpaired) electrons. The molecule has 0 aromatic heterocycles. The van der Waals surface area contributed by atoms with Crippen molar-refractivity contribution in [2.75, 3.05) is 20.2 Å². The van der Waals surface area contributed by atoms with E-state index in [1.165, 1.54) is 13.2 Å². The first-order valence-corrected chi connectivity index (χ1v) is 4.99. The van der Waals surface area contributed by atoms with Crippen LogP contribution in [0.3, 0.4) is 0 Å². The molecule has 1 atom stereocenters. The highest BCUT2D eigenvalue weighted by atomic mass is 19.1. The Morgan fingerprint density at radius 2 is 2.33 bits per heavy atom. The molecule has 1 saturated heterocycles. The maximum Gasteiger partial charge on any atom is 0.130 e. The maximum absolute atomic E-state index is 13.0. The predicted octanol–water partition coefficient (Wildman–Crippen LogP) is 1.62. The van der Waals surface area contributed by atoms with Crippen LogP contribution in [0.5, 0.6) is 11.5 Å². The fourth-order valence-electron chi connectivity index (χ4n) is 2.06. The van der Waals surface area contributed by atoms with Crippen LogP contribution in [0.15, 0.2) is 12.1 Å². The van der Waals surface area contributed by atoms with E-state index in [0.717, 1.165) is 25.6 Å². The van der Waals surface area contributed by atoms with Crippen molar-refractivity contribution in [1.82, 2.24) is 5.32 Å². The number of aromatic hydroxyl groups is 1. The molecule has 1 aromatic rings. The number of rotatable bonds is 2. The molecule has 1 heterocycles. The molecule has 1 aliphatic heterocycles. The van der Waals surface area contributed by atoms with Crippen LogP contribution in [0, 0.1) is 5.82 Å². The summed E-state index contributed by atoms with van der Waals surface area (Å²) in [7, 11) is 1.49. The Morgan fingerprint density at radius 3 is 2.93 bits per heavy atom. The van der Waals surface area contributed by atoms with Gasteiger partial charge in [-0.05, 0) is 13.0 Å². The SMILES string of the molecule is COc1cc(F)cc(O)c1C1CCNC1. The summed E-state index contributed by atoms with van der Waals surface area (Å²) in [4.78, 5) is 0. The van der Waals surface area contributed by atoms with Crippen LogP contribution < -0.4 is 10.1 Å². The summed E-state index contributed by atoms with van der Waals surface area (Å²) in [5.41, 5.74) is 0.712. The Balaban J connectivity index is 2.43. The summed E-state index contributed by atoms with van der Waals surface area (Å²) in [6.45, 7) is 1.72. The zero-order chi connectivity index (χ0) is 10.8. The van der Waals surface area contributed by atoms with Gasteiger partial charge in [-0.2, -0.15) is 0 Å². The summed E-state index contributed by atoms with van der Waals surface area (Å²) in [6.07, 6.45) is 0.940. The van der Waals surface area contributed by atoms with Crippen LogP contribution in [0.25, 0.3) is 0 Å². The number of phenols is 1. The topological polar surface area (TPSA) is 41.5 Å². The minimum atomic E-state index is -0.473. The lowest BCUT2D eigenvalue weighted by molar-refractivity contribution is 0.389. The van der Waals surface area contributed by atoms with Crippen molar-refractivity contribution in [3.63, 3.8) is 0 Å².